The van der Waals surface area contributed by atoms with Gasteiger partial charge in [-0.2, -0.15) is 5.26 Å². The van der Waals surface area contributed by atoms with E-state index in [2.05, 4.69) is 0 Å². The predicted octanol–water partition coefficient (Wildman–Crippen LogP) is 3.02. The van der Waals surface area contributed by atoms with Gasteiger partial charge in [-0.15, -0.1) is 0 Å². The number of allylic oxidation sites excluding steroid dienone is 1. The Morgan fingerprint density at radius 3 is 2.88 bits per heavy atom. The highest BCUT2D eigenvalue weighted by atomic mass is 16.5. The second-order valence-corrected chi connectivity index (χ2v) is 3.19. The molecule has 1 aromatic rings. The summed E-state index contributed by atoms with van der Waals surface area (Å²) in [4.78, 5) is 0. The van der Waals surface area contributed by atoms with Gasteiger partial charge in [-0.1, -0.05) is 19.1 Å². The van der Waals surface area contributed by atoms with Gasteiger partial charge in [0.05, 0.1) is 19.8 Å². The van der Waals surface area contributed by atoms with Crippen molar-refractivity contribution in [2.75, 3.05) is 13.7 Å². The molecule has 1 rings (SSSR count). The Morgan fingerprint density at radius 2 is 2.25 bits per heavy atom. The molecule has 84 valence electrons. The zero-order valence-corrected chi connectivity index (χ0v) is 9.56. The summed E-state index contributed by atoms with van der Waals surface area (Å²) >= 11 is 0. The van der Waals surface area contributed by atoms with E-state index >= 15 is 0 Å². The van der Waals surface area contributed by atoms with Crippen LogP contribution < -0.4 is 9.47 Å². The van der Waals surface area contributed by atoms with Gasteiger partial charge in [0.1, 0.15) is 0 Å². The van der Waals surface area contributed by atoms with Gasteiger partial charge in [-0.3, -0.25) is 0 Å². The Kier molecular flexibility index (Phi) is 4.94. The van der Waals surface area contributed by atoms with Crippen LogP contribution in [-0.2, 0) is 0 Å². The Bertz CT molecular complexity index is 405. The SMILES string of the molecule is CCCOc1cccc(/C=C/C#N)c1OC. The summed E-state index contributed by atoms with van der Waals surface area (Å²) in [6.45, 7) is 2.70. The Morgan fingerprint density at radius 1 is 1.44 bits per heavy atom. The molecule has 0 fully saturated rings. The number of benzene rings is 1. The molecule has 0 aliphatic carbocycles. The molecule has 0 aliphatic rings. The number of nitrogens with zero attached hydrogens (tertiary/aromatic N) is 1. The van der Waals surface area contributed by atoms with Crippen molar-refractivity contribution < 1.29 is 9.47 Å². The second-order valence-electron chi connectivity index (χ2n) is 3.19. The van der Waals surface area contributed by atoms with E-state index in [-0.39, 0.29) is 0 Å². The normalized spacial score (nSPS) is 10.1. The quantitative estimate of drug-likeness (QED) is 0.712. The van der Waals surface area contributed by atoms with Crippen LogP contribution in [0, 0.1) is 11.3 Å². The monoisotopic (exact) mass is 217 g/mol. The number of methoxy groups -OCH3 is 1. The van der Waals surface area contributed by atoms with Crippen LogP contribution in [0.1, 0.15) is 18.9 Å². The molecule has 0 heterocycles. The summed E-state index contributed by atoms with van der Waals surface area (Å²) < 4.78 is 10.8. The maximum Gasteiger partial charge on any atom is 0.167 e. The van der Waals surface area contributed by atoms with Crippen LogP contribution in [0.5, 0.6) is 11.5 Å². The molecule has 0 unspecified atom stereocenters. The van der Waals surface area contributed by atoms with Crippen LogP contribution >= 0.6 is 0 Å². The third-order valence-electron chi connectivity index (χ3n) is 2.01. The van der Waals surface area contributed by atoms with Crippen molar-refractivity contribution in [2.45, 2.75) is 13.3 Å². The molecule has 0 N–H and O–H groups in total. The first-order valence-corrected chi connectivity index (χ1v) is 5.19. The lowest BCUT2D eigenvalue weighted by atomic mass is 10.1. The average Bonchev–Trinajstić information content (AvgIpc) is 2.33. The minimum Gasteiger partial charge on any atom is -0.492 e. The molecule has 0 saturated carbocycles. The van der Waals surface area contributed by atoms with Crippen molar-refractivity contribution >= 4 is 6.08 Å². The van der Waals surface area contributed by atoms with Gasteiger partial charge in [0.2, 0.25) is 0 Å². The molecule has 0 saturated heterocycles. The molecule has 0 spiro atoms. The van der Waals surface area contributed by atoms with Crippen LogP contribution in [0.25, 0.3) is 6.08 Å². The molecule has 3 heteroatoms. The van der Waals surface area contributed by atoms with E-state index in [1.54, 1.807) is 13.2 Å². The zero-order valence-electron chi connectivity index (χ0n) is 9.56. The van der Waals surface area contributed by atoms with E-state index in [0.717, 1.165) is 12.0 Å². The standard InChI is InChI=1S/C13H15NO2/c1-3-10-16-12-8-4-6-11(7-5-9-14)13(12)15-2/h4-8H,3,10H2,1-2H3/b7-5+. The number of para-hydroxylation sites is 1. The Hall–Kier alpha value is -1.95. The van der Waals surface area contributed by atoms with Crippen LogP contribution in [0.2, 0.25) is 0 Å². The van der Waals surface area contributed by atoms with E-state index < -0.39 is 0 Å². The number of nitriles is 1. The molecular formula is C13H15NO2. The predicted molar refractivity (Wildman–Crippen MR) is 63.4 cm³/mol. The summed E-state index contributed by atoms with van der Waals surface area (Å²) in [5.74, 6) is 1.38. The second kappa shape index (κ2) is 6.52. The number of hydrogen-bond acceptors (Lipinski definition) is 3. The number of hydrogen-bond donors (Lipinski definition) is 0. The molecule has 16 heavy (non-hydrogen) atoms. The Labute approximate surface area is 95.9 Å². The molecular weight excluding hydrogens is 202 g/mol. The fourth-order valence-electron chi connectivity index (χ4n) is 1.34. The van der Waals surface area contributed by atoms with Gasteiger partial charge in [-0.05, 0) is 18.6 Å². The minimum absolute atomic E-state index is 0.655. The lowest BCUT2D eigenvalue weighted by molar-refractivity contribution is 0.294. The molecule has 0 radical (unpaired) electrons. The molecule has 1 aromatic carbocycles. The third-order valence-corrected chi connectivity index (χ3v) is 2.01. The largest absolute Gasteiger partial charge is 0.492 e. The van der Waals surface area contributed by atoms with Gasteiger partial charge >= 0.3 is 0 Å². The molecule has 0 atom stereocenters. The maximum atomic E-state index is 8.49. The van der Waals surface area contributed by atoms with Crippen LogP contribution in [-0.4, -0.2) is 13.7 Å². The summed E-state index contributed by atoms with van der Waals surface area (Å²) in [6.07, 6.45) is 4.07. The number of ether oxygens (including phenoxy) is 2. The molecule has 0 bridgehead atoms. The van der Waals surface area contributed by atoms with Crippen molar-refractivity contribution in [2.24, 2.45) is 0 Å². The van der Waals surface area contributed by atoms with Crippen LogP contribution in [0.4, 0.5) is 0 Å². The minimum atomic E-state index is 0.655. The van der Waals surface area contributed by atoms with E-state index in [0.29, 0.717) is 18.1 Å². The fraction of sp³-hybridized carbons (Fsp3) is 0.308. The van der Waals surface area contributed by atoms with E-state index in [1.807, 2.05) is 31.2 Å². The highest BCUT2D eigenvalue weighted by molar-refractivity contribution is 5.63. The maximum absolute atomic E-state index is 8.49. The summed E-state index contributed by atoms with van der Waals surface area (Å²) in [5.41, 5.74) is 0.845. The summed E-state index contributed by atoms with van der Waals surface area (Å²) in [5, 5.41) is 8.49. The molecule has 0 amide bonds. The highest BCUT2D eigenvalue weighted by Crippen LogP contribution is 2.31. The zero-order chi connectivity index (χ0) is 11.8. The van der Waals surface area contributed by atoms with Crippen molar-refractivity contribution in [1.82, 2.24) is 0 Å². The fourth-order valence-corrected chi connectivity index (χ4v) is 1.34. The highest BCUT2D eigenvalue weighted by Gasteiger charge is 2.07. The summed E-state index contributed by atoms with van der Waals surface area (Å²) in [7, 11) is 1.60. The third kappa shape index (κ3) is 3.03. The van der Waals surface area contributed by atoms with Crippen LogP contribution in [0.15, 0.2) is 24.3 Å². The van der Waals surface area contributed by atoms with Gasteiger partial charge in [0.15, 0.2) is 11.5 Å². The van der Waals surface area contributed by atoms with Crippen molar-refractivity contribution in [1.29, 1.82) is 5.26 Å². The average molecular weight is 217 g/mol. The van der Waals surface area contributed by atoms with E-state index in [9.17, 15) is 0 Å². The first-order chi connectivity index (χ1) is 7.83. The number of rotatable bonds is 5. The first kappa shape index (κ1) is 12.1. The molecule has 0 aromatic heterocycles. The van der Waals surface area contributed by atoms with E-state index in [1.165, 1.54) is 6.08 Å². The topological polar surface area (TPSA) is 42.2 Å². The van der Waals surface area contributed by atoms with Gasteiger partial charge < -0.3 is 9.47 Å². The van der Waals surface area contributed by atoms with Crippen molar-refractivity contribution in [3.05, 3.63) is 29.8 Å². The van der Waals surface area contributed by atoms with Gasteiger partial charge in [0.25, 0.3) is 0 Å². The lowest BCUT2D eigenvalue weighted by Crippen LogP contribution is -1.98. The molecule has 0 aliphatic heterocycles. The van der Waals surface area contributed by atoms with Crippen molar-refractivity contribution in [3.63, 3.8) is 0 Å². The lowest BCUT2D eigenvalue weighted by Gasteiger charge is -2.11. The smallest absolute Gasteiger partial charge is 0.167 e. The van der Waals surface area contributed by atoms with Crippen LogP contribution in [0.3, 0.4) is 0 Å². The van der Waals surface area contributed by atoms with Crippen molar-refractivity contribution in [3.8, 4) is 17.6 Å². The Balaban J connectivity index is 3.01. The van der Waals surface area contributed by atoms with Gasteiger partial charge in [-0.25, -0.2) is 0 Å². The molecule has 3 nitrogen and oxygen atoms in total. The summed E-state index contributed by atoms with van der Waals surface area (Å²) in [6, 6.07) is 7.57. The van der Waals surface area contributed by atoms with E-state index in [4.69, 9.17) is 14.7 Å². The van der Waals surface area contributed by atoms with Gasteiger partial charge in [0, 0.05) is 11.6 Å². The first-order valence-electron chi connectivity index (χ1n) is 5.19.